The third-order valence-electron chi connectivity index (χ3n) is 4.64. The summed E-state index contributed by atoms with van der Waals surface area (Å²) >= 11 is 1.15. The highest BCUT2D eigenvalue weighted by atomic mass is 32.2. The normalized spacial score (nSPS) is 10.8. The average Bonchev–Trinajstić information content (AvgIpc) is 3.21. The van der Waals surface area contributed by atoms with Crippen LogP contribution in [0.25, 0.3) is 5.69 Å². The van der Waals surface area contributed by atoms with Crippen molar-refractivity contribution in [2.24, 2.45) is 0 Å². The Balaban J connectivity index is 1.61. The minimum Gasteiger partial charge on any atom is -0.497 e. The van der Waals surface area contributed by atoms with Crippen molar-refractivity contribution in [3.8, 4) is 11.4 Å². The zero-order valence-corrected chi connectivity index (χ0v) is 18.7. The van der Waals surface area contributed by atoms with Gasteiger partial charge in [-0.1, -0.05) is 17.8 Å². The number of methoxy groups -OCH3 is 1. The Morgan fingerprint density at radius 1 is 1.12 bits per heavy atom. The molecule has 0 fully saturated rings. The highest BCUT2D eigenvalue weighted by Crippen LogP contribution is 2.25. The van der Waals surface area contributed by atoms with E-state index in [2.05, 4.69) is 25.5 Å². The van der Waals surface area contributed by atoms with Gasteiger partial charge in [0.15, 0.2) is 5.16 Å². The van der Waals surface area contributed by atoms with Crippen molar-refractivity contribution in [1.29, 1.82) is 0 Å². The van der Waals surface area contributed by atoms with Crippen molar-refractivity contribution in [2.45, 2.75) is 11.6 Å². The number of H-pyrrole nitrogens is 2. The van der Waals surface area contributed by atoms with Gasteiger partial charge in [0, 0.05) is 29.9 Å². The molecule has 0 aliphatic carbocycles. The van der Waals surface area contributed by atoms with Gasteiger partial charge in [-0.2, -0.15) is 0 Å². The molecule has 174 valence electrons. The number of carbonyl (C=O) groups excluding carboxylic acids is 1. The van der Waals surface area contributed by atoms with Crippen LogP contribution in [0.1, 0.15) is 11.5 Å². The molecule has 1 amide bonds. The van der Waals surface area contributed by atoms with Crippen LogP contribution < -0.4 is 21.3 Å². The van der Waals surface area contributed by atoms with Crippen LogP contribution in [0.2, 0.25) is 0 Å². The fourth-order valence-electron chi connectivity index (χ4n) is 3.16. The van der Waals surface area contributed by atoms with E-state index >= 15 is 0 Å². The Morgan fingerprint density at radius 3 is 2.65 bits per heavy atom. The van der Waals surface area contributed by atoms with Gasteiger partial charge in [0.1, 0.15) is 17.4 Å². The predicted molar refractivity (Wildman–Crippen MR) is 124 cm³/mol. The van der Waals surface area contributed by atoms with Gasteiger partial charge < -0.3 is 15.0 Å². The van der Waals surface area contributed by atoms with Crippen molar-refractivity contribution in [3.63, 3.8) is 0 Å². The number of aromatic nitrogens is 5. The van der Waals surface area contributed by atoms with Crippen LogP contribution in [0, 0.1) is 5.82 Å². The zero-order valence-electron chi connectivity index (χ0n) is 17.9. The van der Waals surface area contributed by atoms with Gasteiger partial charge in [-0.25, -0.2) is 9.18 Å². The lowest BCUT2D eigenvalue weighted by Crippen LogP contribution is -2.23. The van der Waals surface area contributed by atoms with Crippen molar-refractivity contribution in [3.05, 3.63) is 92.8 Å². The van der Waals surface area contributed by atoms with Gasteiger partial charge in [-0.15, -0.1) is 10.2 Å². The van der Waals surface area contributed by atoms with E-state index in [0.29, 0.717) is 33.8 Å². The van der Waals surface area contributed by atoms with E-state index in [4.69, 9.17) is 4.74 Å². The Morgan fingerprint density at radius 2 is 1.91 bits per heavy atom. The molecule has 10 nitrogen and oxygen atoms in total. The van der Waals surface area contributed by atoms with Crippen molar-refractivity contribution in [1.82, 2.24) is 24.7 Å². The summed E-state index contributed by atoms with van der Waals surface area (Å²) in [7, 11) is 1.54. The van der Waals surface area contributed by atoms with Gasteiger partial charge in [-0.3, -0.25) is 19.1 Å². The minimum absolute atomic E-state index is 0.0152. The van der Waals surface area contributed by atoms with Crippen LogP contribution in [0.5, 0.6) is 5.75 Å². The second-order valence-electron chi connectivity index (χ2n) is 7.07. The number of amides is 1. The van der Waals surface area contributed by atoms with Crippen LogP contribution in [0.3, 0.4) is 0 Å². The lowest BCUT2D eigenvalue weighted by molar-refractivity contribution is -0.113. The van der Waals surface area contributed by atoms with Gasteiger partial charge in [0.05, 0.1) is 18.6 Å². The molecule has 2 heterocycles. The summed E-state index contributed by atoms with van der Waals surface area (Å²) in [6.45, 7) is 0. The number of hydrogen-bond acceptors (Lipinski definition) is 7. The van der Waals surface area contributed by atoms with Crippen LogP contribution >= 0.6 is 11.8 Å². The van der Waals surface area contributed by atoms with Gasteiger partial charge in [0.25, 0.3) is 5.56 Å². The summed E-state index contributed by atoms with van der Waals surface area (Å²) in [6.07, 6.45) is 0.117. The Kier molecular flexibility index (Phi) is 6.87. The molecule has 2 aromatic carbocycles. The van der Waals surface area contributed by atoms with Crippen molar-refractivity contribution >= 4 is 23.4 Å². The molecule has 0 bridgehead atoms. The second kappa shape index (κ2) is 10.2. The Hall–Kier alpha value is -4.19. The van der Waals surface area contributed by atoms with Gasteiger partial charge in [0.2, 0.25) is 5.91 Å². The smallest absolute Gasteiger partial charge is 0.325 e. The highest BCUT2D eigenvalue weighted by molar-refractivity contribution is 7.99. The van der Waals surface area contributed by atoms with Crippen molar-refractivity contribution in [2.75, 3.05) is 18.2 Å². The van der Waals surface area contributed by atoms with E-state index < -0.39 is 17.1 Å². The molecule has 0 radical (unpaired) electrons. The maximum Gasteiger partial charge on any atom is 0.325 e. The number of hydrogen-bond donors (Lipinski definition) is 3. The molecular formula is C22H19FN6O4S. The average molecular weight is 482 g/mol. The minimum atomic E-state index is -0.623. The fraction of sp³-hybridized carbons (Fsp3) is 0.136. The van der Waals surface area contributed by atoms with E-state index in [0.717, 1.165) is 11.8 Å². The largest absolute Gasteiger partial charge is 0.497 e. The Bertz CT molecular complexity index is 1400. The van der Waals surface area contributed by atoms with Crippen LogP contribution in [-0.2, 0) is 11.2 Å². The SMILES string of the molecule is COc1cccc(-n2c(Cc3cc(=O)[nH]c(=O)[nH]3)nnc2SCC(=O)Nc2ccc(F)cc2)c1. The maximum atomic E-state index is 13.1. The summed E-state index contributed by atoms with van der Waals surface area (Å²) in [6, 6.07) is 13.9. The molecule has 34 heavy (non-hydrogen) atoms. The number of thioether (sulfide) groups is 1. The van der Waals surface area contributed by atoms with Crippen LogP contribution in [-0.4, -0.2) is 43.5 Å². The summed E-state index contributed by atoms with van der Waals surface area (Å²) in [5, 5.41) is 11.5. The third kappa shape index (κ3) is 5.59. The molecule has 0 atom stereocenters. The number of rotatable bonds is 8. The first-order valence-electron chi connectivity index (χ1n) is 10.0. The topological polar surface area (TPSA) is 135 Å². The number of aromatic amines is 2. The number of carbonyl (C=O) groups is 1. The summed E-state index contributed by atoms with van der Waals surface area (Å²) in [5.41, 5.74) is 0.351. The summed E-state index contributed by atoms with van der Waals surface area (Å²) in [4.78, 5) is 40.4. The first kappa shape index (κ1) is 23.0. The monoisotopic (exact) mass is 482 g/mol. The standard InChI is InChI=1S/C22H19FN6O4S/c1-33-17-4-2-3-16(11-17)29-18(9-15-10-19(30)26-21(32)25-15)27-28-22(29)34-12-20(31)24-14-7-5-13(23)6-8-14/h2-8,10-11H,9,12H2,1H3,(H,24,31)(H2,25,26,30,32). The molecule has 0 aliphatic heterocycles. The molecule has 2 aromatic heterocycles. The van der Waals surface area contributed by atoms with Gasteiger partial charge >= 0.3 is 5.69 Å². The zero-order chi connectivity index (χ0) is 24.1. The molecular weight excluding hydrogens is 463 g/mol. The number of benzene rings is 2. The van der Waals surface area contributed by atoms with E-state index in [1.54, 1.807) is 29.9 Å². The first-order valence-corrected chi connectivity index (χ1v) is 11.0. The van der Waals surface area contributed by atoms with E-state index in [1.165, 1.54) is 30.3 Å². The quantitative estimate of drug-likeness (QED) is 0.328. The fourth-order valence-corrected chi connectivity index (χ4v) is 3.93. The van der Waals surface area contributed by atoms with Gasteiger partial charge in [-0.05, 0) is 36.4 Å². The molecule has 3 N–H and O–H groups in total. The second-order valence-corrected chi connectivity index (χ2v) is 8.01. The number of ether oxygens (including phenoxy) is 1. The molecule has 12 heteroatoms. The molecule has 0 saturated carbocycles. The number of nitrogens with zero attached hydrogens (tertiary/aromatic N) is 3. The van der Waals surface area contributed by atoms with Crippen LogP contribution in [0.4, 0.5) is 10.1 Å². The summed E-state index contributed by atoms with van der Waals surface area (Å²) in [5.74, 6) is 0.356. The third-order valence-corrected chi connectivity index (χ3v) is 5.57. The first-order chi connectivity index (χ1) is 16.4. The molecule has 0 spiro atoms. The molecule has 0 saturated heterocycles. The van der Waals surface area contributed by atoms with E-state index in [-0.39, 0.29) is 18.1 Å². The maximum absolute atomic E-state index is 13.1. The number of anilines is 1. The van der Waals surface area contributed by atoms with E-state index in [9.17, 15) is 18.8 Å². The molecule has 0 aliphatic rings. The van der Waals surface area contributed by atoms with Crippen molar-refractivity contribution < 1.29 is 13.9 Å². The lowest BCUT2D eigenvalue weighted by atomic mass is 10.2. The number of nitrogens with one attached hydrogen (secondary N) is 3. The lowest BCUT2D eigenvalue weighted by Gasteiger charge is -2.11. The molecule has 0 unspecified atom stereocenters. The molecule has 4 rings (SSSR count). The predicted octanol–water partition coefficient (Wildman–Crippen LogP) is 2.11. The molecule has 4 aromatic rings. The van der Waals surface area contributed by atoms with Crippen LogP contribution in [0.15, 0.2) is 69.3 Å². The number of halogens is 1. The highest BCUT2D eigenvalue weighted by Gasteiger charge is 2.17. The van der Waals surface area contributed by atoms with E-state index in [1.807, 2.05) is 6.07 Å². The Labute approximate surface area is 196 Å². The summed E-state index contributed by atoms with van der Waals surface area (Å²) < 4.78 is 20.1.